The minimum atomic E-state index is 0.0150. The summed E-state index contributed by atoms with van der Waals surface area (Å²) in [5, 5.41) is 9.00. The summed E-state index contributed by atoms with van der Waals surface area (Å²) in [7, 11) is 3.49. The SMILES string of the molecule is CC(C)(C)n1ccc2c(Cl)ccnc21.CC(C)(C)n1ccc2c(N)ccnc21.CNc1ncnc2c1ccn2C(C)(C)C.COc1ncnc2c1ccn2C(C)(C)C.Cc1ncnc2c1c(Br)cn2C(C)(C)C. The molecule has 10 rings (SSSR count). The number of halogens is 2. The monoisotopic (exact) mass is 1070 g/mol. The molecule has 0 unspecified atom stereocenters. The molecule has 10 aromatic heterocycles. The first-order valence-corrected chi connectivity index (χ1v) is 25.4. The summed E-state index contributed by atoms with van der Waals surface area (Å²) in [4.78, 5) is 34.1. The molecule has 10 heterocycles. The van der Waals surface area contributed by atoms with Crippen LogP contribution in [-0.4, -0.2) is 76.9 Å². The molecule has 73 heavy (non-hydrogen) atoms. The lowest BCUT2D eigenvalue weighted by Gasteiger charge is -2.21. The third-order valence-electron chi connectivity index (χ3n) is 11.9. The number of anilines is 2. The van der Waals surface area contributed by atoms with Crippen LogP contribution in [0.25, 0.3) is 55.2 Å². The molecule has 0 bridgehead atoms. The number of aromatic nitrogens is 13. The van der Waals surface area contributed by atoms with Crippen LogP contribution in [0.5, 0.6) is 5.88 Å². The van der Waals surface area contributed by atoms with E-state index in [0.29, 0.717) is 5.88 Å². The highest BCUT2D eigenvalue weighted by Crippen LogP contribution is 2.32. The fraction of sp³-hybridized carbons (Fsp3) is 0.418. The zero-order valence-corrected chi connectivity index (χ0v) is 48.1. The third-order valence-corrected chi connectivity index (χ3v) is 12.8. The highest BCUT2D eigenvalue weighted by Gasteiger charge is 2.22. The summed E-state index contributed by atoms with van der Waals surface area (Å²) in [6, 6.07) is 11.7. The summed E-state index contributed by atoms with van der Waals surface area (Å²) in [5.74, 6) is 1.51. The Hall–Kier alpha value is -6.59. The van der Waals surface area contributed by atoms with Gasteiger partial charge in [-0.25, -0.2) is 39.9 Å². The van der Waals surface area contributed by atoms with Crippen LogP contribution in [0.3, 0.4) is 0 Å². The number of ether oxygens (including phenoxy) is 1. The molecular formula is C55H73BrClN15O. The van der Waals surface area contributed by atoms with Crippen LogP contribution in [0.4, 0.5) is 11.5 Å². The van der Waals surface area contributed by atoms with Gasteiger partial charge in [-0.3, -0.25) is 0 Å². The molecule has 0 fully saturated rings. The van der Waals surface area contributed by atoms with Crippen molar-refractivity contribution in [2.75, 3.05) is 25.2 Å². The number of nitrogens with zero attached hydrogens (tertiary/aromatic N) is 13. The highest BCUT2D eigenvalue weighted by atomic mass is 79.9. The van der Waals surface area contributed by atoms with E-state index in [1.165, 1.54) is 6.33 Å². The first-order valence-electron chi connectivity index (χ1n) is 24.2. The molecule has 0 aliphatic carbocycles. The molecular weight excluding hydrogens is 1000 g/mol. The minimum Gasteiger partial charge on any atom is -0.480 e. The Morgan fingerprint density at radius 3 is 1.42 bits per heavy atom. The first kappa shape index (κ1) is 55.7. The smallest absolute Gasteiger partial charge is 0.225 e. The van der Waals surface area contributed by atoms with E-state index in [1.807, 2.05) is 69.0 Å². The number of nitrogens with one attached hydrogen (secondary N) is 1. The van der Waals surface area contributed by atoms with Gasteiger partial charge in [0, 0.05) is 99.1 Å². The number of methoxy groups -OCH3 is 1. The standard InChI is InChI=1S/C11H14BrN3.C11H13ClN2.C11H16N4.C11H15N3O.C11H15N3/c1-7-9-8(12)5-15(11(2,3)4)10(9)14-6-13-7;1-11(2,3)14-7-5-8-9(12)4-6-13-10(8)14;1-11(2,3)15-6-5-8-9(12-4)13-7-14-10(8)15;1-11(2,3)14-6-5-8-9(14)12-7-13-10(8)15-4;1-11(2,3)14-7-5-8-9(12)4-6-13-10(8)14/h5-6H,1-4H3;4-7H,1-3H3;5-7H,1-4H3,(H,12,13,14);5-7H,1-4H3;4-7H,1-3H3,(H2,12,13). The molecule has 0 saturated carbocycles. The zero-order valence-electron chi connectivity index (χ0n) is 45.8. The molecule has 10 aromatic rings. The van der Waals surface area contributed by atoms with Crippen molar-refractivity contribution >= 4 is 94.2 Å². The number of pyridine rings is 2. The molecule has 0 radical (unpaired) electrons. The fourth-order valence-electron chi connectivity index (χ4n) is 8.14. The minimum absolute atomic E-state index is 0.0150. The molecule has 388 valence electrons. The lowest BCUT2D eigenvalue weighted by molar-refractivity contribution is 0.399. The normalized spacial score (nSPS) is 12.2. The Bertz CT molecular complexity index is 3290. The lowest BCUT2D eigenvalue weighted by atomic mass is 10.1. The molecule has 0 aliphatic rings. The van der Waals surface area contributed by atoms with E-state index in [4.69, 9.17) is 22.1 Å². The average Bonchev–Trinajstić information content (AvgIpc) is 4.15. The number of nitrogens with two attached hydrogens (primary N) is 1. The lowest BCUT2D eigenvalue weighted by Crippen LogP contribution is -2.20. The molecule has 0 saturated heterocycles. The van der Waals surface area contributed by atoms with E-state index in [1.54, 1.807) is 32.2 Å². The zero-order chi connectivity index (χ0) is 54.0. The molecule has 0 atom stereocenters. The molecule has 16 nitrogen and oxygen atoms in total. The fourth-order valence-corrected chi connectivity index (χ4v) is 9.02. The molecule has 0 spiro atoms. The summed E-state index contributed by atoms with van der Waals surface area (Å²) in [6.07, 6.45) is 18.4. The number of nitrogen functional groups attached to an aromatic ring is 1. The van der Waals surface area contributed by atoms with Crippen molar-refractivity contribution in [2.45, 2.75) is 138 Å². The largest absolute Gasteiger partial charge is 0.480 e. The Labute approximate surface area is 443 Å². The Morgan fingerprint density at radius 1 is 0.507 bits per heavy atom. The number of fused-ring (bicyclic) bond motifs is 5. The van der Waals surface area contributed by atoms with Gasteiger partial charge in [0.25, 0.3) is 0 Å². The van der Waals surface area contributed by atoms with Gasteiger partial charge in [-0.2, -0.15) is 0 Å². The van der Waals surface area contributed by atoms with Gasteiger partial charge in [-0.05, 0) is 163 Å². The third kappa shape index (κ3) is 12.4. The van der Waals surface area contributed by atoms with Crippen molar-refractivity contribution < 1.29 is 4.74 Å². The van der Waals surface area contributed by atoms with Crippen LogP contribution in [0.2, 0.25) is 5.02 Å². The van der Waals surface area contributed by atoms with Crippen molar-refractivity contribution in [1.82, 2.24) is 62.7 Å². The highest BCUT2D eigenvalue weighted by molar-refractivity contribution is 9.10. The summed E-state index contributed by atoms with van der Waals surface area (Å²) in [6.45, 7) is 34.3. The van der Waals surface area contributed by atoms with E-state index in [2.05, 4.69) is 200 Å². The maximum Gasteiger partial charge on any atom is 0.225 e. The maximum absolute atomic E-state index is 6.07. The van der Waals surface area contributed by atoms with Crippen molar-refractivity contribution in [3.63, 3.8) is 0 Å². The van der Waals surface area contributed by atoms with Gasteiger partial charge in [0.1, 0.15) is 53.0 Å². The number of hydrogen-bond donors (Lipinski definition) is 2. The summed E-state index contributed by atoms with van der Waals surface area (Å²) in [5.41, 5.74) is 12.6. The predicted molar refractivity (Wildman–Crippen MR) is 305 cm³/mol. The molecule has 3 N–H and O–H groups in total. The van der Waals surface area contributed by atoms with Crippen LogP contribution >= 0.6 is 27.5 Å². The second kappa shape index (κ2) is 21.5. The van der Waals surface area contributed by atoms with Gasteiger partial charge < -0.3 is 38.6 Å². The predicted octanol–water partition coefficient (Wildman–Crippen LogP) is 13.5. The van der Waals surface area contributed by atoms with Gasteiger partial charge in [-0.15, -0.1) is 0 Å². The molecule has 0 aliphatic heterocycles. The van der Waals surface area contributed by atoms with Gasteiger partial charge in [0.05, 0.1) is 34.0 Å². The van der Waals surface area contributed by atoms with Crippen molar-refractivity contribution in [3.8, 4) is 5.88 Å². The number of aryl methyl sites for hydroxylation is 1. The Kier molecular flexibility index (Phi) is 16.4. The van der Waals surface area contributed by atoms with Crippen molar-refractivity contribution in [1.29, 1.82) is 0 Å². The summed E-state index contributed by atoms with van der Waals surface area (Å²) < 4.78 is 17.0. The molecule has 18 heteroatoms. The van der Waals surface area contributed by atoms with Crippen molar-refractivity contribution in [3.05, 3.63) is 114 Å². The second-order valence-electron chi connectivity index (χ2n) is 22.6. The quantitative estimate of drug-likeness (QED) is 0.169. The molecule has 0 aromatic carbocycles. The first-order chi connectivity index (χ1) is 34.0. The number of rotatable bonds is 2. The maximum atomic E-state index is 6.07. The van der Waals surface area contributed by atoms with E-state index in [-0.39, 0.29) is 27.7 Å². The topological polar surface area (TPSA) is 175 Å². The second-order valence-corrected chi connectivity index (χ2v) is 23.9. The van der Waals surface area contributed by atoms with Crippen molar-refractivity contribution in [2.24, 2.45) is 0 Å². The van der Waals surface area contributed by atoms with E-state index < -0.39 is 0 Å². The van der Waals surface area contributed by atoms with Gasteiger partial charge in [0.15, 0.2) is 0 Å². The van der Waals surface area contributed by atoms with Crippen LogP contribution in [0, 0.1) is 6.92 Å². The summed E-state index contributed by atoms with van der Waals surface area (Å²) >= 11 is 9.63. The van der Waals surface area contributed by atoms with Gasteiger partial charge >= 0.3 is 0 Å². The van der Waals surface area contributed by atoms with Gasteiger partial charge in [-0.1, -0.05) is 11.6 Å². The Morgan fingerprint density at radius 2 is 0.918 bits per heavy atom. The van der Waals surface area contributed by atoms with E-state index in [9.17, 15) is 0 Å². The van der Waals surface area contributed by atoms with Crippen LogP contribution in [0.1, 0.15) is 110 Å². The molecule has 0 amide bonds. The van der Waals surface area contributed by atoms with E-state index in [0.717, 1.165) is 81.9 Å². The van der Waals surface area contributed by atoms with E-state index >= 15 is 0 Å². The van der Waals surface area contributed by atoms with Crippen LogP contribution in [0.15, 0.2) is 103 Å². The van der Waals surface area contributed by atoms with Crippen LogP contribution < -0.4 is 15.8 Å². The Balaban J connectivity index is 0.000000149. The van der Waals surface area contributed by atoms with Gasteiger partial charge in [0.2, 0.25) is 5.88 Å². The van der Waals surface area contributed by atoms with Crippen LogP contribution in [-0.2, 0) is 27.7 Å². The number of hydrogen-bond acceptors (Lipinski definition) is 11. The average molecular weight is 1080 g/mol.